The molecule has 0 amide bonds. The van der Waals surface area contributed by atoms with Crippen LogP contribution in [0.3, 0.4) is 0 Å². The molecule has 4 aliphatic rings. The summed E-state index contributed by atoms with van der Waals surface area (Å²) in [5.41, 5.74) is -1.34. The highest BCUT2D eigenvalue weighted by Crippen LogP contribution is 2.79. The lowest BCUT2D eigenvalue weighted by molar-refractivity contribution is -0.167. The second-order valence-electron chi connectivity index (χ2n) is 8.09. The minimum atomic E-state index is -5.85. The fourth-order valence-electron chi connectivity index (χ4n) is 6.17. The van der Waals surface area contributed by atoms with Gasteiger partial charge in [-0.25, -0.2) is 4.79 Å². The van der Waals surface area contributed by atoms with E-state index in [0.717, 1.165) is 19.3 Å². The highest BCUT2D eigenvalue weighted by molar-refractivity contribution is 7.87. The predicted octanol–water partition coefficient (Wildman–Crippen LogP) is 1.34. The molecule has 0 radical (unpaired) electrons. The van der Waals surface area contributed by atoms with Crippen LogP contribution in [0.5, 0.6) is 0 Å². The number of halogens is 2. The van der Waals surface area contributed by atoms with Gasteiger partial charge in [-0.15, -0.1) is 0 Å². The number of carbonyl (C=O) groups is 1. The molecule has 23 heavy (non-hydrogen) atoms. The molecule has 0 aromatic heterocycles. The van der Waals surface area contributed by atoms with Gasteiger partial charge in [0.15, 0.2) is 0 Å². The van der Waals surface area contributed by atoms with Crippen LogP contribution in [0.25, 0.3) is 0 Å². The van der Waals surface area contributed by atoms with Crippen LogP contribution in [0, 0.1) is 22.7 Å². The highest BCUT2D eigenvalue weighted by atomic mass is 32.2. The molecule has 5 atom stereocenters. The van der Waals surface area contributed by atoms with E-state index in [9.17, 15) is 27.1 Å². The molecular formula is C14H18F2O6S. The molecular weight excluding hydrogens is 334 g/mol. The molecule has 4 aliphatic carbocycles. The van der Waals surface area contributed by atoms with E-state index in [1.807, 2.05) is 0 Å². The summed E-state index contributed by atoms with van der Waals surface area (Å²) < 4.78 is 60.8. The first-order valence-electron chi connectivity index (χ1n) is 7.66. The molecule has 3 bridgehead atoms. The second kappa shape index (κ2) is 4.05. The van der Waals surface area contributed by atoms with E-state index in [1.165, 1.54) is 0 Å². The van der Waals surface area contributed by atoms with Crippen molar-refractivity contribution < 1.29 is 36.4 Å². The largest absolute Gasteiger partial charge is 0.465 e. The second-order valence-corrected chi connectivity index (χ2v) is 9.56. The minimum absolute atomic E-state index is 0.0466. The fourth-order valence-corrected chi connectivity index (χ4v) is 6.44. The summed E-state index contributed by atoms with van der Waals surface area (Å²) in [7, 11) is -5.85. The average molecular weight is 352 g/mol. The summed E-state index contributed by atoms with van der Waals surface area (Å²) in [6, 6.07) is 0. The van der Waals surface area contributed by atoms with Gasteiger partial charge >= 0.3 is 21.3 Å². The van der Waals surface area contributed by atoms with Crippen molar-refractivity contribution in [2.75, 3.05) is 6.61 Å². The van der Waals surface area contributed by atoms with Crippen molar-refractivity contribution in [3.8, 4) is 0 Å². The van der Waals surface area contributed by atoms with E-state index < -0.39 is 32.4 Å². The first kappa shape index (κ1) is 15.7. The quantitative estimate of drug-likeness (QED) is 0.585. The summed E-state index contributed by atoms with van der Waals surface area (Å²) in [5, 5.41) is 5.72. The number of hydrogen-bond donors (Lipinski definition) is 2. The van der Waals surface area contributed by atoms with Gasteiger partial charge in [0.05, 0.1) is 12.2 Å². The normalized spacial score (nSPS) is 47.3. The van der Waals surface area contributed by atoms with Gasteiger partial charge in [0, 0.05) is 5.41 Å². The van der Waals surface area contributed by atoms with Crippen molar-refractivity contribution >= 4 is 16.1 Å². The van der Waals surface area contributed by atoms with E-state index in [1.54, 1.807) is 0 Å². The maximum Gasteiger partial charge on any atom is 0.465 e. The molecule has 4 fully saturated rings. The van der Waals surface area contributed by atoms with Crippen molar-refractivity contribution in [1.82, 2.24) is 0 Å². The van der Waals surface area contributed by atoms with Crippen LogP contribution in [0.1, 0.15) is 38.5 Å². The number of hydrogen-bond acceptors (Lipinski definition) is 5. The van der Waals surface area contributed by atoms with Crippen molar-refractivity contribution in [2.24, 2.45) is 22.7 Å². The molecule has 1 spiro atoms. The number of esters is 1. The summed E-state index contributed by atoms with van der Waals surface area (Å²) in [6.45, 7) is -0.343. The third kappa shape index (κ3) is 1.90. The van der Waals surface area contributed by atoms with Crippen LogP contribution in [-0.4, -0.2) is 41.5 Å². The number of rotatable bonds is 4. The minimum Gasteiger partial charge on any atom is -0.460 e. The van der Waals surface area contributed by atoms with Gasteiger partial charge in [0.1, 0.15) is 0 Å². The van der Waals surface area contributed by atoms with Gasteiger partial charge in [0.25, 0.3) is 0 Å². The highest BCUT2D eigenvalue weighted by Gasteiger charge is 2.75. The first-order chi connectivity index (χ1) is 10.4. The van der Waals surface area contributed by atoms with Gasteiger partial charge in [-0.3, -0.25) is 4.55 Å². The Morgan fingerprint density at radius 1 is 1.22 bits per heavy atom. The number of alkyl halides is 2. The van der Waals surface area contributed by atoms with Gasteiger partial charge < -0.3 is 9.84 Å². The Labute approximate surface area is 131 Å². The molecule has 4 saturated carbocycles. The van der Waals surface area contributed by atoms with Crippen molar-refractivity contribution in [3.63, 3.8) is 0 Å². The molecule has 0 aliphatic heterocycles. The van der Waals surface area contributed by atoms with Crippen molar-refractivity contribution in [2.45, 2.75) is 49.4 Å². The lowest BCUT2D eigenvalue weighted by atomic mass is 9.55. The Bertz CT molecular complexity index is 689. The van der Waals surface area contributed by atoms with Crippen molar-refractivity contribution in [3.05, 3.63) is 0 Å². The lowest BCUT2D eigenvalue weighted by Gasteiger charge is -2.49. The zero-order valence-corrected chi connectivity index (χ0v) is 13.1. The molecule has 2 N–H and O–H groups in total. The molecule has 130 valence electrons. The van der Waals surface area contributed by atoms with E-state index in [4.69, 9.17) is 4.55 Å². The van der Waals surface area contributed by atoms with Crippen LogP contribution < -0.4 is 0 Å². The van der Waals surface area contributed by atoms with Crippen molar-refractivity contribution in [1.29, 1.82) is 0 Å². The Morgan fingerprint density at radius 3 is 2.52 bits per heavy atom. The molecule has 5 unspecified atom stereocenters. The van der Waals surface area contributed by atoms with E-state index >= 15 is 0 Å². The summed E-state index contributed by atoms with van der Waals surface area (Å²) in [5.74, 6) is -1.38. The predicted molar refractivity (Wildman–Crippen MR) is 72.0 cm³/mol. The Kier molecular flexibility index (Phi) is 2.77. The number of carbonyl (C=O) groups excluding carboxylic acids is 1. The summed E-state index contributed by atoms with van der Waals surface area (Å²) in [6.07, 6.45) is 4.27. The van der Waals surface area contributed by atoms with Gasteiger partial charge in [0.2, 0.25) is 0 Å². The van der Waals surface area contributed by atoms with E-state index in [0.29, 0.717) is 31.1 Å². The maximum atomic E-state index is 13.3. The Balaban J connectivity index is 1.52. The van der Waals surface area contributed by atoms with Gasteiger partial charge in [-0.1, -0.05) is 0 Å². The monoisotopic (exact) mass is 352 g/mol. The number of fused-ring (bicyclic) bond motifs is 2. The molecule has 0 aromatic carbocycles. The van der Waals surface area contributed by atoms with E-state index in [2.05, 4.69) is 4.74 Å². The number of ether oxygens (including phenoxy) is 1. The third-order valence-corrected chi connectivity index (χ3v) is 7.45. The standard InChI is InChI=1S/C14H18F2O6S/c15-14(16,23(19,20)21)10(17)22-7-11-2-8-1-9-3-12(18,4-11)6-13(8,9)5-11/h8-9,18H,1-7H2,(H,19,20,21). The first-order valence-corrected chi connectivity index (χ1v) is 9.10. The molecule has 6 nitrogen and oxygen atoms in total. The average Bonchev–Trinajstić information content (AvgIpc) is 2.68. The summed E-state index contributed by atoms with van der Waals surface area (Å²) >= 11 is 0. The molecule has 0 heterocycles. The smallest absolute Gasteiger partial charge is 0.460 e. The molecule has 0 aromatic rings. The zero-order valence-electron chi connectivity index (χ0n) is 12.3. The van der Waals surface area contributed by atoms with Gasteiger partial charge in [-0.05, 0) is 55.8 Å². The maximum absolute atomic E-state index is 13.3. The third-order valence-electron chi connectivity index (χ3n) is 6.64. The lowest BCUT2D eigenvalue weighted by Crippen LogP contribution is -2.45. The SMILES string of the molecule is O=C(OCC12CC3CC4CC(O)(C1)CC43C2)C(F)(F)S(=O)(=O)O. The fraction of sp³-hybridized carbons (Fsp3) is 0.929. The summed E-state index contributed by atoms with van der Waals surface area (Å²) in [4.78, 5) is 11.4. The van der Waals surface area contributed by atoms with Crippen LogP contribution in [0.2, 0.25) is 0 Å². The van der Waals surface area contributed by atoms with Crippen LogP contribution >= 0.6 is 0 Å². The Hall–Kier alpha value is -0.800. The van der Waals surface area contributed by atoms with Gasteiger partial charge in [-0.2, -0.15) is 17.2 Å². The molecule has 4 rings (SSSR count). The zero-order chi connectivity index (χ0) is 16.9. The van der Waals surface area contributed by atoms with Crippen LogP contribution in [0.4, 0.5) is 8.78 Å². The molecule has 0 saturated heterocycles. The molecule has 9 heteroatoms. The Morgan fingerprint density at radius 2 is 1.87 bits per heavy atom. The van der Waals surface area contributed by atoms with Crippen LogP contribution in [0.15, 0.2) is 0 Å². The topological polar surface area (TPSA) is 101 Å². The van der Waals surface area contributed by atoms with Crippen LogP contribution in [-0.2, 0) is 19.6 Å². The number of aliphatic hydroxyl groups is 1. The van der Waals surface area contributed by atoms with E-state index in [-0.39, 0.29) is 12.0 Å².